The summed E-state index contributed by atoms with van der Waals surface area (Å²) < 4.78 is 0.802. The number of aromatic nitrogens is 2. The lowest BCUT2D eigenvalue weighted by molar-refractivity contribution is 0.834. The van der Waals surface area contributed by atoms with E-state index in [0.29, 0.717) is 11.6 Å². The number of hydrogen-bond donors (Lipinski definition) is 0. The van der Waals surface area contributed by atoms with Crippen molar-refractivity contribution in [3.63, 3.8) is 0 Å². The maximum absolute atomic E-state index is 6.13. The second-order valence-corrected chi connectivity index (χ2v) is 5.83. The molecule has 0 spiro atoms. The largest absolute Gasteiger partial charge is 0.236 e. The molecule has 0 saturated carbocycles. The van der Waals surface area contributed by atoms with Gasteiger partial charge in [-0.05, 0) is 40.0 Å². The Labute approximate surface area is 131 Å². The first-order chi connectivity index (χ1) is 9.10. The second kappa shape index (κ2) is 6.69. The predicted octanol–water partition coefficient (Wildman–Crippen LogP) is 5.09. The van der Waals surface area contributed by atoms with Crippen LogP contribution in [0.2, 0.25) is 10.2 Å². The van der Waals surface area contributed by atoms with Crippen molar-refractivity contribution in [3.8, 4) is 0 Å². The highest BCUT2D eigenvalue weighted by atomic mass is 79.9. The molecule has 2 rings (SSSR count). The highest BCUT2D eigenvalue weighted by molar-refractivity contribution is 9.10. The number of halogens is 3. The summed E-state index contributed by atoms with van der Waals surface area (Å²) in [5, 5.41) is 1.20. The summed E-state index contributed by atoms with van der Waals surface area (Å²) in [6.45, 7) is 2.11. The molecular weight excluding hydrogens is 347 g/mol. The summed E-state index contributed by atoms with van der Waals surface area (Å²) >= 11 is 15.4. The summed E-state index contributed by atoms with van der Waals surface area (Å²) in [5.41, 5.74) is 2.08. The van der Waals surface area contributed by atoms with Gasteiger partial charge in [0.25, 0.3) is 0 Å². The quantitative estimate of drug-likeness (QED) is 0.710. The van der Waals surface area contributed by atoms with Crippen molar-refractivity contribution >= 4 is 39.1 Å². The van der Waals surface area contributed by atoms with Gasteiger partial charge in [-0.3, -0.25) is 0 Å². The van der Waals surface area contributed by atoms with Crippen LogP contribution in [0.25, 0.3) is 0 Å². The fourth-order valence-corrected chi connectivity index (χ4v) is 2.49. The van der Waals surface area contributed by atoms with Crippen LogP contribution in [-0.4, -0.2) is 9.97 Å². The smallest absolute Gasteiger partial charge is 0.147 e. The zero-order valence-corrected chi connectivity index (χ0v) is 13.6. The number of hydrogen-bond acceptors (Lipinski definition) is 2. The molecule has 2 nitrogen and oxygen atoms in total. The van der Waals surface area contributed by atoms with E-state index in [1.165, 1.54) is 0 Å². The first kappa shape index (κ1) is 14.8. The molecule has 0 saturated heterocycles. The molecule has 2 aromatic rings. The van der Waals surface area contributed by atoms with Crippen LogP contribution in [0.4, 0.5) is 0 Å². The Bertz CT molecular complexity index is 570. The molecule has 0 N–H and O–H groups in total. The van der Waals surface area contributed by atoms with Crippen LogP contribution in [0.5, 0.6) is 0 Å². The van der Waals surface area contributed by atoms with E-state index in [4.69, 9.17) is 23.2 Å². The van der Waals surface area contributed by atoms with Crippen molar-refractivity contribution < 1.29 is 0 Å². The molecule has 0 unspecified atom stereocenters. The van der Waals surface area contributed by atoms with Crippen molar-refractivity contribution in [3.05, 3.63) is 56.0 Å². The Morgan fingerprint density at radius 3 is 2.42 bits per heavy atom. The molecule has 0 amide bonds. The molecule has 100 valence electrons. The Morgan fingerprint density at radius 1 is 1.11 bits per heavy atom. The van der Waals surface area contributed by atoms with Gasteiger partial charge in [0.05, 0.1) is 10.2 Å². The molecule has 0 atom stereocenters. The number of aryl methyl sites for hydroxylation is 1. The minimum atomic E-state index is 0.474. The van der Waals surface area contributed by atoms with Gasteiger partial charge in [-0.25, -0.2) is 9.97 Å². The van der Waals surface area contributed by atoms with Gasteiger partial charge in [-0.15, -0.1) is 0 Å². The Kier molecular flexibility index (Phi) is 5.20. The number of rotatable bonds is 4. The van der Waals surface area contributed by atoms with E-state index < -0.39 is 0 Å². The first-order valence-corrected chi connectivity index (χ1v) is 7.60. The van der Waals surface area contributed by atoms with Crippen LogP contribution in [0.1, 0.15) is 30.4 Å². The third kappa shape index (κ3) is 3.91. The SMILES string of the molecule is CCCc1nc(Cc2ccc(Cl)cc2)nc(Cl)c1Br. The lowest BCUT2D eigenvalue weighted by atomic mass is 10.1. The van der Waals surface area contributed by atoms with Crippen molar-refractivity contribution in [2.75, 3.05) is 0 Å². The average Bonchev–Trinajstić information content (AvgIpc) is 2.38. The maximum Gasteiger partial charge on any atom is 0.147 e. The Morgan fingerprint density at radius 2 is 1.79 bits per heavy atom. The third-order valence-corrected chi connectivity index (χ3v) is 4.28. The van der Waals surface area contributed by atoms with E-state index in [0.717, 1.165) is 39.4 Å². The number of benzene rings is 1. The van der Waals surface area contributed by atoms with E-state index in [9.17, 15) is 0 Å². The van der Waals surface area contributed by atoms with Gasteiger partial charge in [0, 0.05) is 11.4 Å². The minimum Gasteiger partial charge on any atom is -0.236 e. The highest BCUT2D eigenvalue weighted by Crippen LogP contribution is 2.25. The molecule has 0 aliphatic heterocycles. The van der Waals surface area contributed by atoms with E-state index in [1.54, 1.807) is 0 Å². The zero-order chi connectivity index (χ0) is 13.8. The fourth-order valence-electron chi connectivity index (χ4n) is 1.78. The summed E-state index contributed by atoms with van der Waals surface area (Å²) in [5.74, 6) is 0.735. The van der Waals surface area contributed by atoms with Crippen LogP contribution >= 0.6 is 39.1 Å². The van der Waals surface area contributed by atoms with Gasteiger partial charge in [-0.2, -0.15) is 0 Å². The van der Waals surface area contributed by atoms with Crippen LogP contribution < -0.4 is 0 Å². The van der Waals surface area contributed by atoms with Crippen molar-refractivity contribution in [2.45, 2.75) is 26.2 Å². The van der Waals surface area contributed by atoms with E-state index in [2.05, 4.69) is 32.8 Å². The summed E-state index contributed by atoms with van der Waals surface area (Å²) in [6.07, 6.45) is 2.56. The topological polar surface area (TPSA) is 25.8 Å². The van der Waals surface area contributed by atoms with E-state index >= 15 is 0 Å². The second-order valence-electron chi connectivity index (χ2n) is 4.24. The van der Waals surface area contributed by atoms with Gasteiger partial charge in [0.15, 0.2) is 0 Å². The molecule has 0 aliphatic carbocycles. The van der Waals surface area contributed by atoms with Crippen LogP contribution in [0, 0.1) is 0 Å². The fraction of sp³-hybridized carbons (Fsp3) is 0.286. The lowest BCUT2D eigenvalue weighted by Gasteiger charge is -2.07. The van der Waals surface area contributed by atoms with Gasteiger partial charge in [0.1, 0.15) is 11.0 Å². The number of nitrogens with zero attached hydrogens (tertiary/aromatic N) is 2. The van der Waals surface area contributed by atoms with Gasteiger partial charge in [-0.1, -0.05) is 48.7 Å². The van der Waals surface area contributed by atoms with Crippen LogP contribution in [0.15, 0.2) is 28.7 Å². The predicted molar refractivity (Wildman–Crippen MR) is 83.0 cm³/mol. The van der Waals surface area contributed by atoms with E-state index in [1.807, 2.05) is 24.3 Å². The first-order valence-electron chi connectivity index (χ1n) is 6.05. The van der Waals surface area contributed by atoms with Crippen LogP contribution in [-0.2, 0) is 12.8 Å². The van der Waals surface area contributed by atoms with Gasteiger partial charge < -0.3 is 0 Å². The molecule has 5 heteroatoms. The van der Waals surface area contributed by atoms with Crippen LogP contribution in [0.3, 0.4) is 0 Å². The molecule has 1 aromatic carbocycles. The van der Waals surface area contributed by atoms with Crippen molar-refractivity contribution in [2.24, 2.45) is 0 Å². The average molecular weight is 360 g/mol. The molecule has 0 radical (unpaired) electrons. The molecule has 1 aromatic heterocycles. The Balaban J connectivity index is 2.27. The summed E-state index contributed by atoms with van der Waals surface area (Å²) in [4.78, 5) is 8.87. The molecule has 19 heavy (non-hydrogen) atoms. The third-order valence-electron chi connectivity index (χ3n) is 2.69. The zero-order valence-electron chi connectivity index (χ0n) is 10.5. The Hall–Kier alpha value is -0.640. The summed E-state index contributed by atoms with van der Waals surface area (Å²) in [6, 6.07) is 7.68. The van der Waals surface area contributed by atoms with Gasteiger partial charge in [0.2, 0.25) is 0 Å². The molecule has 0 aliphatic rings. The summed E-state index contributed by atoms with van der Waals surface area (Å²) in [7, 11) is 0. The minimum absolute atomic E-state index is 0.474. The highest BCUT2D eigenvalue weighted by Gasteiger charge is 2.10. The van der Waals surface area contributed by atoms with Gasteiger partial charge >= 0.3 is 0 Å². The van der Waals surface area contributed by atoms with Crippen molar-refractivity contribution in [1.82, 2.24) is 9.97 Å². The monoisotopic (exact) mass is 358 g/mol. The van der Waals surface area contributed by atoms with Crippen molar-refractivity contribution in [1.29, 1.82) is 0 Å². The molecular formula is C14H13BrCl2N2. The molecule has 1 heterocycles. The molecule has 0 bridgehead atoms. The van der Waals surface area contributed by atoms with E-state index in [-0.39, 0.29) is 0 Å². The molecule has 0 fully saturated rings. The maximum atomic E-state index is 6.13. The lowest BCUT2D eigenvalue weighted by Crippen LogP contribution is -2.02. The standard InChI is InChI=1S/C14H13BrCl2N2/c1-2-3-11-13(15)14(17)19-12(18-11)8-9-4-6-10(16)7-5-9/h4-7H,2-3,8H2,1H3. The normalized spacial score (nSPS) is 10.7.